The van der Waals surface area contributed by atoms with Crippen LogP contribution in [0.1, 0.15) is 23.2 Å². The van der Waals surface area contributed by atoms with E-state index in [9.17, 15) is 13.6 Å². The molecule has 10 heteroatoms. The second-order valence-corrected chi connectivity index (χ2v) is 5.03. The molecule has 8 nitrogen and oxygen atoms in total. The predicted molar refractivity (Wildman–Crippen MR) is 85.4 cm³/mol. The summed E-state index contributed by atoms with van der Waals surface area (Å²) < 4.78 is 49.9. The van der Waals surface area contributed by atoms with Gasteiger partial charge in [-0.1, -0.05) is 0 Å². The van der Waals surface area contributed by atoms with E-state index in [0.717, 1.165) is 0 Å². The van der Waals surface area contributed by atoms with Crippen LogP contribution in [-0.4, -0.2) is 29.4 Å². The summed E-state index contributed by atoms with van der Waals surface area (Å²) in [7, 11) is 0. The molecule has 27 heavy (non-hydrogen) atoms. The van der Waals surface area contributed by atoms with E-state index in [-0.39, 0.29) is 42.1 Å². The summed E-state index contributed by atoms with van der Waals surface area (Å²) in [5.74, 6) is -0.294. The highest BCUT2D eigenvalue weighted by molar-refractivity contribution is 5.90. The van der Waals surface area contributed by atoms with Gasteiger partial charge in [-0.25, -0.2) is 4.79 Å². The number of carbonyl (C=O) groups excluding carboxylic acids is 1. The Morgan fingerprint density at radius 3 is 2.78 bits per heavy atom. The molecule has 0 amide bonds. The molecule has 2 aromatic heterocycles. The Morgan fingerprint density at radius 1 is 1.22 bits per heavy atom. The van der Waals surface area contributed by atoms with Crippen molar-refractivity contribution in [1.82, 2.24) is 10.2 Å². The minimum absolute atomic E-state index is 0.00476. The molecule has 0 atom stereocenters. The molecule has 3 rings (SSSR count). The number of benzene rings is 1. The molecule has 0 N–H and O–H groups in total. The third kappa shape index (κ3) is 4.60. The van der Waals surface area contributed by atoms with Gasteiger partial charge >= 0.3 is 12.6 Å². The van der Waals surface area contributed by atoms with E-state index in [1.54, 1.807) is 19.1 Å². The molecule has 0 unspecified atom stereocenters. The quantitative estimate of drug-likeness (QED) is 0.546. The predicted octanol–water partition coefficient (Wildman–Crippen LogP) is 3.69. The van der Waals surface area contributed by atoms with Gasteiger partial charge in [0.1, 0.15) is 0 Å². The van der Waals surface area contributed by atoms with Gasteiger partial charge in [-0.05, 0) is 37.3 Å². The van der Waals surface area contributed by atoms with Crippen molar-refractivity contribution in [2.24, 2.45) is 0 Å². The fraction of sp³-hybridized carbons (Fsp3) is 0.235. The molecule has 2 heterocycles. The summed E-state index contributed by atoms with van der Waals surface area (Å²) in [6.45, 7) is -1.41. The number of furan rings is 1. The van der Waals surface area contributed by atoms with Crippen molar-refractivity contribution >= 4 is 5.97 Å². The van der Waals surface area contributed by atoms with Crippen LogP contribution in [-0.2, 0) is 11.3 Å². The van der Waals surface area contributed by atoms with Crippen molar-refractivity contribution in [2.75, 3.05) is 6.61 Å². The zero-order valence-electron chi connectivity index (χ0n) is 14.1. The van der Waals surface area contributed by atoms with Crippen molar-refractivity contribution in [2.45, 2.75) is 20.1 Å². The molecule has 0 bridgehead atoms. The Balaban J connectivity index is 1.66. The summed E-state index contributed by atoms with van der Waals surface area (Å²) >= 11 is 0. The summed E-state index contributed by atoms with van der Waals surface area (Å²) in [6, 6.07) is 7.05. The second kappa shape index (κ2) is 8.30. The smallest absolute Gasteiger partial charge is 0.387 e. The zero-order valence-corrected chi connectivity index (χ0v) is 14.1. The first-order valence-corrected chi connectivity index (χ1v) is 7.82. The average Bonchev–Trinajstić information content (AvgIpc) is 3.32. The van der Waals surface area contributed by atoms with Gasteiger partial charge in [0.2, 0.25) is 0 Å². The highest BCUT2D eigenvalue weighted by Crippen LogP contribution is 2.30. The SMILES string of the molecule is CCOc1cc(C(=O)OCc2nnc(-c3ccco3)o2)ccc1OC(F)F. The number of carbonyl (C=O) groups is 1. The van der Waals surface area contributed by atoms with Crippen LogP contribution in [0.3, 0.4) is 0 Å². The van der Waals surface area contributed by atoms with E-state index < -0.39 is 12.6 Å². The molecule has 0 aliphatic rings. The Labute approximate surface area is 151 Å². The third-order valence-corrected chi connectivity index (χ3v) is 3.22. The maximum Gasteiger partial charge on any atom is 0.387 e. The molecular weight excluding hydrogens is 366 g/mol. The average molecular weight is 380 g/mol. The van der Waals surface area contributed by atoms with E-state index in [2.05, 4.69) is 14.9 Å². The van der Waals surface area contributed by atoms with Gasteiger partial charge in [0.25, 0.3) is 11.8 Å². The van der Waals surface area contributed by atoms with E-state index >= 15 is 0 Å². The van der Waals surface area contributed by atoms with Crippen LogP contribution >= 0.6 is 0 Å². The Hall–Kier alpha value is -3.43. The van der Waals surface area contributed by atoms with E-state index in [4.69, 9.17) is 18.3 Å². The molecule has 0 spiro atoms. The number of halogens is 2. The first-order chi connectivity index (χ1) is 13.1. The minimum atomic E-state index is -3.01. The van der Waals surface area contributed by atoms with Crippen LogP contribution in [0.2, 0.25) is 0 Å². The van der Waals surface area contributed by atoms with Crippen molar-refractivity contribution < 1.29 is 36.6 Å². The molecule has 0 saturated heterocycles. The Morgan fingerprint density at radius 2 is 2.07 bits per heavy atom. The fourth-order valence-corrected chi connectivity index (χ4v) is 2.12. The Bertz CT molecular complexity index is 895. The van der Waals surface area contributed by atoms with Gasteiger partial charge in [0, 0.05) is 0 Å². The zero-order chi connectivity index (χ0) is 19.2. The lowest BCUT2D eigenvalue weighted by molar-refractivity contribution is -0.0514. The van der Waals surface area contributed by atoms with Crippen LogP contribution in [0.25, 0.3) is 11.7 Å². The molecule has 0 radical (unpaired) electrons. The molecule has 0 aliphatic heterocycles. The third-order valence-electron chi connectivity index (χ3n) is 3.22. The van der Waals surface area contributed by atoms with Crippen LogP contribution < -0.4 is 9.47 Å². The summed E-state index contributed by atoms with van der Waals surface area (Å²) in [4.78, 5) is 12.2. The number of hydrogen-bond donors (Lipinski definition) is 0. The van der Waals surface area contributed by atoms with Crippen molar-refractivity contribution in [3.8, 4) is 23.1 Å². The minimum Gasteiger partial charge on any atom is -0.490 e. The van der Waals surface area contributed by atoms with E-state index in [0.29, 0.717) is 5.76 Å². The summed E-state index contributed by atoms with van der Waals surface area (Å²) in [6.07, 6.45) is 1.45. The lowest BCUT2D eigenvalue weighted by atomic mass is 10.2. The molecule has 142 valence electrons. The van der Waals surface area contributed by atoms with Crippen molar-refractivity contribution in [3.05, 3.63) is 48.0 Å². The van der Waals surface area contributed by atoms with E-state index in [1.165, 1.54) is 24.5 Å². The number of rotatable bonds is 8. The number of ether oxygens (including phenoxy) is 3. The molecule has 0 saturated carbocycles. The number of alkyl halides is 2. The van der Waals surface area contributed by atoms with Crippen LogP contribution in [0, 0.1) is 0 Å². The van der Waals surface area contributed by atoms with Gasteiger partial charge in [-0.15, -0.1) is 10.2 Å². The van der Waals surface area contributed by atoms with Crippen LogP contribution in [0.15, 0.2) is 45.4 Å². The van der Waals surface area contributed by atoms with Gasteiger partial charge in [-0.2, -0.15) is 8.78 Å². The molecule has 0 aliphatic carbocycles. The van der Waals surface area contributed by atoms with Crippen LogP contribution in [0.4, 0.5) is 8.78 Å². The second-order valence-electron chi connectivity index (χ2n) is 5.03. The first-order valence-electron chi connectivity index (χ1n) is 7.82. The maximum absolute atomic E-state index is 12.4. The fourth-order valence-electron chi connectivity index (χ4n) is 2.12. The topological polar surface area (TPSA) is 96.8 Å². The largest absolute Gasteiger partial charge is 0.490 e. The molecule has 1 aromatic carbocycles. The summed E-state index contributed by atoms with van der Waals surface area (Å²) in [5.41, 5.74) is 0.0887. The Kier molecular flexibility index (Phi) is 5.64. The highest BCUT2D eigenvalue weighted by Gasteiger charge is 2.17. The molecular formula is C17H14F2N2O6. The van der Waals surface area contributed by atoms with Crippen LogP contribution in [0.5, 0.6) is 11.5 Å². The summed E-state index contributed by atoms with van der Waals surface area (Å²) in [5, 5.41) is 7.53. The number of aromatic nitrogens is 2. The normalized spacial score (nSPS) is 10.8. The number of esters is 1. The standard InChI is InChI=1S/C17H14F2N2O6/c1-2-23-13-8-10(5-6-11(13)26-17(18)19)16(22)25-9-14-20-21-15(27-14)12-4-3-7-24-12/h3-8,17H,2,9H2,1H3. The lowest BCUT2D eigenvalue weighted by Gasteiger charge is -2.12. The lowest BCUT2D eigenvalue weighted by Crippen LogP contribution is -2.08. The maximum atomic E-state index is 12.4. The van der Waals surface area contributed by atoms with Gasteiger partial charge in [0.05, 0.1) is 18.4 Å². The monoisotopic (exact) mass is 380 g/mol. The highest BCUT2D eigenvalue weighted by atomic mass is 19.3. The van der Waals surface area contributed by atoms with Gasteiger partial charge < -0.3 is 23.0 Å². The van der Waals surface area contributed by atoms with Gasteiger partial charge in [-0.3, -0.25) is 0 Å². The number of hydrogen-bond acceptors (Lipinski definition) is 8. The van der Waals surface area contributed by atoms with Crippen molar-refractivity contribution in [3.63, 3.8) is 0 Å². The van der Waals surface area contributed by atoms with Crippen molar-refractivity contribution in [1.29, 1.82) is 0 Å². The molecule has 0 fully saturated rings. The first kappa shape index (κ1) is 18.4. The molecule has 3 aromatic rings. The van der Waals surface area contributed by atoms with Gasteiger partial charge in [0.15, 0.2) is 23.9 Å². The number of nitrogens with zero attached hydrogens (tertiary/aromatic N) is 2. The van der Waals surface area contributed by atoms with E-state index in [1.807, 2.05) is 0 Å².